The van der Waals surface area contributed by atoms with Crippen LogP contribution in [-0.4, -0.2) is 16.2 Å². The van der Waals surface area contributed by atoms with Gasteiger partial charge in [-0.15, -0.1) is 11.3 Å². The lowest BCUT2D eigenvalue weighted by molar-refractivity contribution is 0.669. The Morgan fingerprint density at radius 2 is 1.33 bits per heavy atom. The van der Waals surface area contributed by atoms with Gasteiger partial charge in [-0.3, -0.25) is 0 Å². The summed E-state index contributed by atoms with van der Waals surface area (Å²) >= 11 is 1.86. The summed E-state index contributed by atoms with van der Waals surface area (Å²) in [5, 5.41) is 11.0. The molecule has 57 heavy (non-hydrogen) atoms. The maximum absolute atomic E-state index is 6.53. The standard InChI is InChI=1S/C51H34N4OS/c1-3-13-31(14-4-1)49-52-50(32-15-5-2-6-16-32)54-51(53-49)39-20-11-19-38-37-27-25-34(30-46(37)57-48(38)39)33-26-28-44-40(29-33)47-43(23-12-24-45(47)56-44)55-41-21-9-7-17-35(41)36-18-8-10-22-42(36)55/h1-10,12-19,21-30,49H,11,20H2,(H,52,53,54). The van der Waals surface area contributed by atoms with E-state index in [0.29, 0.717) is 0 Å². The normalized spacial score (nSPS) is 15.5. The molecular formula is C51H34N4OS. The SMILES string of the molecule is C1=c2c(sc3cc(-c4ccc5oc6cccc(-n7c8ccccc8c8ccccc87)c6c5c4)ccc23)=C(C2=NC(c3ccccc3)=NC(c3ccccc3)N2)CC1. The number of para-hydroxylation sites is 2. The van der Waals surface area contributed by atoms with Crippen molar-refractivity contribution in [2.45, 2.75) is 19.0 Å². The zero-order chi connectivity index (χ0) is 37.5. The molecule has 1 aliphatic carbocycles. The van der Waals surface area contributed by atoms with Crippen LogP contribution >= 0.6 is 11.3 Å². The molecule has 0 fully saturated rings. The minimum absolute atomic E-state index is 0.221. The van der Waals surface area contributed by atoms with Crippen molar-refractivity contribution >= 4 is 88.5 Å². The summed E-state index contributed by atoms with van der Waals surface area (Å²) in [7, 11) is 0. The molecule has 0 amide bonds. The second-order valence-electron chi connectivity index (χ2n) is 14.8. The van der Waals surface area contributed by atoms with Gasteiger partial charge in [-0.1, -0.05) is 127 Å². The van der Waals surface area contributed by atoms with E-state index in [2.05, 4.69) is 168 Å². The molecule has 1 atom stereocenters. The summed E-state index contributed by atoms with van der Waals surface area (Å²) in [6.45, 7) is 0. The molecule has 6 heteroatoms. The Balaban J connectivity index is 0.996. The summed E-state index contributed by atoms with van der Waals surface area (Å²) in [5.74, 6) is 1.67. The van der Waals surface area contributed by atoms with Gasteiger partial charge in [-0.05, 0) is 77.2 Å². The number of hydrogen-bond donors (Lipinski definition) is 1. The Bertz CT molecular complexity index is 3390. The van der Waals surface area contributed by atoms with Crippen molar-refractivity contribution in [1.82, 2.24) is 9.88 Å². The fourth-order valence-corrected chi connectivity index (χ4v) is 10.2. The minimum Gasteiger partial charge on any atom is -0.456 e. The zero-order valence-corrected chi connectivity index (χ0v) is 31.6. The Kier molecular flexibility index (Phi) is 7.22. The first-order valence-corrected chi connectivity index (χ1v) is 20.3. The number of benzene rings is 7. The van der Waals surface area contributed by atoms with Gasteiger partial charge in [0.1, 0.15) is 23.2 Å². The van der Waals surface area contributed by atoms with Gasteiger partial charge in [0.05, 0.1) is 22.1 Å². The number of rotatable bonds is 5. The summed E-state index contributed by atoms with van der Waals surface area (Å²) in [6.07, 6.45) is 4.06. The molecule has 0 radical (unpaired) electrons. The van der Waals surface area contributed by atoms with Crippen LogP contribution in [0.2, 0.25) is 0 Å². The topological polar surface area (TPSA) is 54.8 Å². The van der Waals surface area contributed by atoms with Gasteiger partial charge in [-0.25, -0.2) is 9.98 Å². The Labute approximate surface area is 331 Å². The van der Waals surface area contributed by atoms with Gasteiger partial charge >= 0.3 is 0 Å². The van der Waals surface area contributed by atoms with Crippen molar-refractivity contribution in [1.29, 1.82) is 0 Å². The third kappa shape index (κ3) is 5.14. The molecule has 10 aromatic rings. The Morgan fingerprint density at radius 3 is 2.14 bits per heavy atom. The molecule has 5 nitrogen and oxygen atoms in total. The fraction of sp³-hybridized carbons (Fsp3) is 0.0588. The molecule has 0 spiro atoms. The number of aliphatic imine (C=N–C) groups is 2. The van der Waals surface area contributed by atoms with Crippen molar-refractivity contribution in [2.24, 2.45) is 9.98 Å². The van der Waals surface area contributed by atoms with Crippen LogP contribution in [0.1, 0.15) is 30.1 Å². The first kappa shape index (κ1) is 32.2. The molecule has 0 saturated heterocycles. The molecule has 1 N–H and O–H groups in total. The molecular weight excluding hydrogens is 717 g/mol. The molecule has 0 bridgehead atoms. The molecule has 1 aliphatic heterocycles. The highest BCUT2D eigenvalue weighted by atomic mass is 32.1. The van der Waals surface area contributed by atoms with Crippen molar-refractivity contribution < 1.29 is 4.42 Å². The highest BCUT2D eigenvalue weighted by molar-refractivity contribution is 7.17. The number of thiophene rings is 1. The van der Waals surface area contributed by atoms with E-state index in [4.69, 9.17) is 14.4 Å². The largest absolute Gasteiger partial charge is 0.456 e. The molecule has 270 valence electrons. The lowest BCUT2D eigenvalue weighted by Crippen LogP contribution is -2.38. The molecule has 3 aromatic heterocycles. The average Bonchev–Trinajstić information content (AvgIpc) is 3.96. The van der Waals surface area contributed by atoms with Crippen LogP contribution in [0.5, 0.6) is 0 Å². The predicted molar refractivity (Wildman–Crippen MR) is 238 cm³/mol. The van der Waals surface area contributed by atoms with Crippen molar-refractivity contribution in [3.8, 4) is 16.8 Å². The van der Waals surface area contributed by atoms with Crippen LogP contribution in [0, 0.1) is 0 Å². The Morgan fingerprint density at radius 1 is 0.614 bits per heavy atom. The number of furan rings is 1. The van der Waals surface area contributed by atoms with E-state index in [0.717, 1.165) is 68.8 Å². The molecule has 12 rings (SSSR count). The molecule has 7 aromatic carbocycles. The van der Waals surface area contributed by atoms with Gasteiger partial charge in [0.2, 0.25) is 0 Å². The molecule has 1 unspecified atom stereocenters. The number of hydrogen-bond acceptors (Lipinski definition) is 5. The minimum atomic E-state index is -0.221. The van der Waals surface area contributed by atoms with Crippen LogP contribution in [0.3, 0.4) is 0 Å². The van der Waals surface area contributed by atoms with Crippen LogP contribution in [-0.2, 0) is 0 Å². The van der Waals surface area contributed by atoms with Crippen LogP contribution in [0.4, 0.5) is 0 Å². The number of nitrogens with one attached hydrogen (secondary N) is 1. The first-order valence-electron chi connectivity index (χ1n) is 19.5. The van der Waals surface area contributed by atoms with Gasteiger partial charge in [0.15, 0.2) is 5.84 Å². The predicted octanol–water partition coefficient (Wildman–Crippen LogP) is 11.4. The molecule has 2 aliphatic rings. The van der Waals surface area contributed by atoms with E-state index >= 15 is 0 Å². The first-order chi connectivity index (χ1) is 28.2. The maximum atomic E-state index is 6.53. The third-order valence-corrected chi connectivity index (χ3v) is 12.8. The summed E-state index contributed by atoms with van der Waals surface area (Å²) < 4.78 is 11.5. The number of amidine groups is 2. The smallest absolute Gasteiger partial charge is 0.159 e. The van der Waals surface area contributed by atoms with Crippen LogP contribution in [0.15, 0.2) is 178 Å². The summed E-state index contributed by atoms with van der Waals surface area (Å²) in [6, 6.07) is 58.1. The van der Waals surface area contributed by atoms with E-state index in [1.165, 1.54) is 52.8 Å². The van der Waals surface area contributed by atoms with Crippen molar-refractivity contribution in [2.75, 3.05) is 0 Å². The Hall–Kier alpha value is -7.02. The summed E-state index contributed by atoms with van der Waals surface area (Å²) in [4.78, 5) is 10.3. The highest BCUT2D eigenvalue weighted by Crippen LogP contribution is 2.40. The van der Waals surface area contributed by atoms with Gasteiger partial charge in [0, 0.05) is 41.9 Å². The lowest BCUT2D eigenvalue weighted by atomic mass is 9.99. The van der Waals surface area contributed by atoms with E-state index < -0.39 is 0 Å². The van der Waals surface area contributed by atoms with Crippen molar-refractivity contribution in [3.05, 3.63) is 185 Å². The van der Waals surface area contributed by atoms with E-state index in [9.17, 15) is 0 Å². The van der Waals surface area contributed by atoms with Crippen LogP contribution in [0.25, 0.3) is 82.3 Å². The van der Waals surface area contributed by atoms with Gasteiger partial charge in [-0.2, -0.15) is 0 Å². The maximum Gasteiger partial charge on any atom is 0.159 e. The summed E-state index contributed by atoms with van der Waals surface area (Å²) in [5.41, 5.74) is 11.0. The average molecular weight is 751 g/mol. The number of fused-ring (bicyclic) bond motifs is 9. The van der Waals surface area contributed by atoms with E-state index in [1.54, 1.807) is 0 Å². The third-order valence-electron chi connectivity index (χ3n) is 11.5. The van der Waals surface area contributed by atoms with Gasteiger partial charge < -0.3 is 14.3 Å². The molecule has 4 heterocycles. The number of aromatic nitrogens is 1. The molecule has 0 saturated carbocycles. The zero-order valence-electron chi connectivity index (χ0n) is 30.8. The quantitative estimate of drug-likeness (QED) is 0.190. The van der Waals surface area contributed by atoms with E-state index in [1.807, 2.05) is 23.5 Å². The van der Waals surface area contributed by atoms with Crippen LogP contribution < -0.4 is 15.1 Å². The second-order valence-corrected chi connectivity index (χ2v) is 15.9. The van der Waals surface area contributed by atoms with E-state index in [-0.39, 0.29) is 6.17 Å². The van der Waals surface area contributed by atoms with Crippen molar-refractivity contribution in [3.63, 3.8) is 0 Å². The highest BCUT2D eigenvalue weighted by Gasteiger charge is 2.24. The second kappa shape index (κ2) is 12.8. The lowest BCUT2D eigenvalue weighted by Gasteiger charge is -2.25. The van der Waals surface area contributed by atoms with Gasteiger partial charge in [0.25, 0.3) is 0 Å². The fourth-order valence-electron chi connectivity index (χ4n) is 8.90. The number of nitrogens with zero attached hydrogens (tertiary/aromatic N) is 3. The monoisotopic (exact) mass is 750 g/mol.